The lowest BCUT2D eigenvalue weighted by atomic mass is 9.94. The number of amides is 1. The van der Waals surface area contributed by atoms with E-state index in [0.717, 1.165) is 13.1 Å². The van der Waals surface area contributed by atoms with Crippen LogP contribution in [0, 0.1) is 0 Å². The summed E-state index contributed by atoms with van der Waals surface area (Å²) < 4.78 is 22.4. The molecule has 9 nitrogen and oxygen atoms in total. The van der Waals surface area contributed by atoms with Crippen LogP contribution in [0.4, 0.5) is 0 Å². The molecule has 1 fully saturated rings. The van der Waals surface area contributed by atoms with E-state index < -0.39 is 17.7 Å². The Morgan fingerprint density at radius 3 is 2.43 bits per heavy atom. The molecule has 4 rings (SSSR count). The lowest BCUT2D eigenvalue weighted by Crippen LogP contribution is -2.38. The van der Waals surface area contributed by atoms with Crippen LogP contribution in [-0.4, -0.2) is 79.7 Å². The minimum Gasteiger partial charge on any atom is -0.507 e. The summed E-state index contributed by atoms with van der Waals surface area (Å²) in [5.41, 5.74) is 1.03. The van der Waals surface area contributed by atoms with Gasteiger partial charge in [0.05, 0.1) is 25.3 Å². The minimum absolute atomic E-state index is 0.0208. The molecule has 0 saturated carbocycles. The molecule has 0 aromatic heterocycles. The van der Waals surface area contributed by atoms with Gasteiger partial charge < -0.3 is 33.9 Å². The number of Topliss-reactive ketones (excluding diaryl/α,β-unsaturated/α-hetero) is 1. The predicted octanol–water partition coefficient (Wildman–Crippen LogP) is 3.63. The van der Waals surface area contributed by atoms with Crippen molar-refractivity contribution in [1.82, 2.24) is 9.80 Å². The van der Waals surface area contributed by atoms with E-state index in [2.05, 4.69) is 4.90 Å². The molecule has 0 radical (unpaired) electrons. The Bertz CT molecular complexity index is 1190. The number of methoxy groups -OCH3 is 1. The zero-order valence-corrected chi connectivity index (χ0v) is 21.8. The topological polar surface area (TPSA) is 97.8 Å². The molecule has 2 aliphatic rings. The maximum atomic E-state index is 13.4. The Kier molecular flexibility index (Phi) is 8.23. The first-order chi connectivity index (χ1) is 17.9. The van der Waals surface area contributed by atoms with Gasteiger partial charge in [-0.05, 0) is 55.9 Å². The van der Waals surface area contributed by atoms with Crippen molar-refractivity contribution in [2.45, 2.75) is 26.8 Å². The maximum Gasteiger partial charge on any atom is 0.295 e. The molecule has 1 amide bonds. The number of rotatable bonds is 10. The number of likely N-dealkylation sites (tertiary alicyclic amines) is 1. The quantitative estimate of drug-likeness (QED) is 0.294. The standard InChI is InChI=1S/C28H34N2O7/c1-5-29(6-2)12-13-30-25(18-8-10-20(35-7-3)22(16-18)34-4)24(27(32)28(30)33)26(31)19-9-11-21-23(17-19)37-15-14-36-21/h8-11,16-17,25,31H,5-7,12-15H2,1-4H3/b26-24+. The van der Waals surface area contributed by atoms with Crippen LogP contribution in [0.3, 0.4) is 0 Å². The fourth-order valence-corrected chi connectivity index (χ4v) is 4.72. The molecule has 9 heteroatoms. The van der Waals surface area contributed by atoms with E-state index in [1.165, 1.54) is 12.0 Å². The number of fused-ring (bicyclic) bond motifs is 1. The van der Waals surface area contributed by atoms with Gasteiger partial charge >= 0.3 is 0 Å². The first kappa shape index (κ1) is 26.3. The van der Waals surface area contributed by atoms with E-state index in [1.54, 1.807) is 36.4 Å². The average Bonchev–Trinajstić information content (AvgIpc) is 3.18. The second kappa shape index (κ2) is 11.6. The van der Waals surface area contributed by atoms with E-state index in [0.29, 0.717) is 67.0 Å². The van der Waals surface area contributed by atoms with Crippen LogP contribution >= 0.6 is 0 Å². The third-order valence-corrected chi connectivity index (χ3v) is 6.71. The molecule has 1 unspecified atom stereocenters. The first-order valence-electron chi connectivity index (χ1n) is 12.6. The van der Waals surface area contributed by atoms with Crippen molar-refractivity contribution >= 4 is 17.4 Å². The zero-order valence-electron chi connectivity index (χ0n) is 21.8. The van der Waals surface area contributed by atoms with Crippen molar-refractivity contribution in [3.05, 3.63) is 53.1 Å². The maximum absolute atomic E-state index is 13.4. The third-order valence-electron chi connectivity index (χ3n) is 6.71. The van der Waals surface area contributed by atoms with E-state index in [1.807, 2.05) is 20.8 Å². The molecule has 0 aliphatic carbocycles. The van der Waals surface area contributed by atoms with Crippen molar-refractivity contribution < 1.29 is 33.6 Å². The molecule has 2 aliphatic heterocycles. The molecule has 1 saturated heterocycles. The van der Waals surface area contributed by atoms with Gasteiger partial charge in [-0.15, -0.1) is 0 Å². The average molecular weight is 511 g/mol. The highest BCUT2D eigenvalue weighted by molar-refractivity contribution is 6.46. The van der Waals surface area contributed by atoms with Gasteiger partial charge in [0.15, 0.2) is 23.0 Å². The highest BCUT2D eigenvalue weighted by Crippen LogP contribution is 2.43. The van der Waals surface area contributed by atoms with Crippen molar-refractivity contribution in [1.29, 1.82) is 0 Å². The second-order valence-corrected chi connectivity index (χ2v) is 8.72. The molecule has 2 heterocycles. The lowest BCUT2D eigenvalue weighted by Gasteiger charge is -2.28. The summed E-state index contributed by atoms with van der Waals surface area (Å²) in [6.07, 6.45) is 0. The van der Waals surface area contributed by atoms with Crippen LogP contribution in [-0.2, 0) is 9.59 Å². The Hall–Kier alpha value is -3.72. The summed E-state index contributed by atoms with van der Waals surface area (Å²) in [5, 5.41) is 11.4. The summed E-state index contributed by atoms with van der Waals surface area (Å²) in [7, 11) is 1.54. The van der Waals surface area contributed by atoms with Gasteiger partial charge in [0.25, 0.3) is 11.7 Å². The van der Waals surface area contributed by atoms with E-state index in [9.17, 15) is 14.7 Å². The fourth-order valence-electron chi connectivity index (χ4n) is 4.72. The molecule has 2 aromatic rings. The molecule has 198 valence electrons. The number of ketones is 1. The number of likely N-dealkylation sites (N-methyl/N-ethyl adjacent to an activating group) is 1. The van der Waals surface area contributed by atoms with Gasteiger partial charge in [0.1, 0.15) is 19.0 Å². The molecule has 37 heavy (non-hydrogen) atoms. The normalized spacial score (nSPS) is 18.4. The van der Waals surface area contributed by atoms with Crippen LogP contribution in [0.15, 0.2) is 42.0 Å². The summed E-state index contributed by atoms with van der Waals surface area (Å²) >= 11 is 0. The van der Waals surface area contributed by atoms with Crippen LogP contribution in [0.1, 0.15) is 37.9 Å². The van der Waals surface area contributed by atoms with Crippen LogP contribution in [0.5, 0.6) is 23.0 Å². The molecule has 0 bridgehead atoms. The molecule has 1 N–H and O–H groups in total. The van der Waals surface area contributed by atoms with Gasteiger partial charge in [-0.3, -0.25) is 9.59 Å². The number of aliphatic hydroxyl groups excluding tert-OH is 1. The summed E-state index contributed by atoms with van der Waals surface area (Å²) in [5.74, 6) is 0.432. The van der Waals surface area contributed by atoms with Crippen molar-refractivity contribution in [2.75, 3.05) is 53.1 Å². The Balaban J connectivity index is 1.82. The lowest BCUT2D eigenvalue weighted by molar-refractivity contribution is -0.140. The number of nitrogens with zero attached hydrogens (tertiary/aromatic N) is 2. The van der Waals surface area contributed by atoms with Crippen LogP contribution in [0.2, 0.25) is 0 Å². The Labute approximate surface area is 217 Å². The molecule has 0 spiro atoms. The number of ether oxygens (including phenoxy) is 4. The Morgan fingerprint density at radius 2 is 1.76 bits per heavy atom. The summed E-state index contributed by atoms with van der Waals surface area (Å²) in [4.78, 5) is 30.4. The zero-order chi connectivity index (χ0) is 26.5. The summed E-state index contributed by atoms with van der Waals surface area (Å²) in [6.45, 7) is 9.82. The minimum atomic E-state index is -0.798. The highest BCUT2D eigenvalue weighted by Gasteiger charge is 2.46. The van der Waals surface area contributed by atoms with Crippen LogP contribution in [0.25, 0.3) is 5.76 Å². The van der Waals surface area contributed by atoms with Crippen molar-refractivity contribution in [3.8, 4) is 23.0 Å². The number of benzene rings is 2. The van der Waals surface area contributed by atoms with E-state index in [4.69, 9.17) is 18.9 Å². The largest absolute Gasteiger partial charge is 0.507 e. The van der Waals surface area contributed by atoms with E-state index >= 15 is 0 Å². The second-order valence-electron chi connectivity index (χ2n) is 8.72. The van der Waals surface area contributed by atoms with Crippen molar-refractivity contribution in [3.63, 3.8) is 0 Å². The van der Waals surface area contributed by atoms with Crippen LogP contribution < -0.4 is 18.9 Å². The smallest absolute Gasteiger partial charge is 0.295 e. The fraction of sp³-hybridized carbons (Fsp3) is 0.429. The number of hydrogen-bond donors (Lipinski definition) is 1. The molecule has 2 aromatic carbocycles. The first-order valence-corrected chi connectivity index (χ1v) is 12.6. The van der Waals surface area contributed by atoms with Gasteiger partial charge in [0, 0.05) is 18.7 Å². The number of hydrogen-bond acceptors (Lipinski definition) is 8. The van der Waals surface area contributed by atoms with Gasteiger partial charge in [0.2, 0.25) is 0 Å². The number of carbonyl (C=O) groups excluding carboxylic acids is 2. The SMILES string of the molecule is CCOc1ccc(C2/C(=C(\O)c3ccc4c(c3)OCCO4)C(=O)C(=O)N2CCN(CC)CC)cc1OC. The molecule has 1 atom stereocenters. The number of carbonyl (C=O) groups is 2. The monoisotopic (exact) mass is 510 g/mol. The predicted molar refractivity (Wildman–Crippen MR) is 138 cm³/mol. The van der Waals surface area contributed by atoms with Gasteiger partial charge in [-0.1, -0.05) is 19.9 Å². The van der Waals surface area contributed by atoms with Gasteiger partial charge in [-0.25, -0.2) is 0 Å². The number of aliphatic hydroxyl groups is 1. The highest BCUT2D eigenvalue weighted by atomic mass is 16.6. The van der Waals surface area contributed by atoms with E-state index in [-0.39, 0.29) is 11.3 Å². The summed E-state index contributed by atoms with van der Waals surface area (Å²) in [6, 6.07) is 9.48. The van der Waals surface area contributed by atoms with Crippen molar-refractivity contribution in [2.24, 2.45) is 0 Å². The van der Waals surface area contributed by atoms with Gasteiger partial charge in [-0.2, -0.15) is 0 Å². The molecular weight excluding hydrogens is 476 g/mol. The Morgan fingerprint density at radius 1 is 1.03 bits per heavy atom. The molecular formula is C28H34N2O7. The third kappa shape index (κ3) is 5.22.